The number of methoxy groups -OCH3 is 1. The van der Waals surface area contributed by atoms with Gasteiger partial charge in [0.15, 0.2) is 0 Å². The molecule has 1 fully saturated rings. The first-order chi connectivity index (χ1) is 11.2. The predicted molar refractivity (Wildman–Crippen MR) is 98.4 cm³/mol. The van der Waals surface area contributed by atoms with Gasteiger partial charge < -0.3 is 9.64 Å². The van der Waals surface area contributed by atoms with E-state index < -0.39 is 0 Å². The molecule has 1 aliphatic rings. The summed E-state index contributed by atoms with van der Waals surface area (Å²) >= 11 is 0. The lowest BCUT2D eigenvalue weighted by Crippen LogP contribution is -2.21. The van der Waals surface area contributed by atoms with E-state index in [1.165, 1.54) is 5.56 Å². The molecule has 0 amide bonds. The van der Waals surface area contributed by atoms with Crippen molar-refractivity contribution in [3.05, 3.63) is 59.8 Å². The molecule has 3 heteroatoms. The van der Waals surface area contributed by atoms with Gasteiger partial charge in [-0.25, -0.2) is 4.39 Å². The zero-order valence-electron chi connectivity index (χ0n) is 15.5. The highest BCUT2D eigenvalue weighted by atomic mass is 19.1. The smallest absolute Gasteiger partial charge is 0.134 e. The number of likely N-dealkylation sites (tertiary alicyclic amines) is 1. The molecule has 132 valence electrons. The zero-order chi connectivity index (χ0) is 17.9. The van der Waals surface area contributed by atoms with E-state index in [-0.39, 0.29) is 11.2 Å². The normalized spacial score (nSPS) is 17.9. The molecule has 24 heavy (non-hydrogen) atoms. The molecule has 1 aromatic rings. The molecule has 1 atom stereocenters. The van der Waals surface area contributed by atoms with E-state index in [1.807, 2.05) is 6.07 Å². The van der Waals surface area contributed by atoms with Crippen molar-refractivity contribution < 1.29 is 9.13 Å². The van der Waals surface area contributed by atoms with Gasteiger partial charge in [0.1, 0.15) is 11.6 Å². The van der Waals surface area contributed by atoms with Crippen LogP contribution in [0.4, 0.5) is 4.39 Å². The maximum absolute atomic E-state index is 13.6. The number of halogens is 1. The molecule has 1 aliphatic heterocycles. The van der Waals surface area contributed by atoms with Crippen molar-refractivity contribution >= 4 is 0 Å². The van der Waals surface area contributed by atoms with E-state index >= 15 is 0 Å². The lowest BCUT2D eigenvalue weighted by Gasteiger charge is -2.24. The summed E-state index contributed by atoms with van der Waals surface area (Å²) in [5.41, 5.74) is 3.23. The lowest BCUT2D eigenvalue weighted by atomic mass is 9.82. The van der Waals surface area contributed by atoms with Crippen LogP contribution in [0.1, 0.15) is 44.7 Å². The Kier molecular flexibility index (Phi) is 5.74. The van der Waals surface area contributed by atoms with Crippen LogP contribution in [0.15, 0.2) is 42.8 Å². The van der Waals surface area contributed by atoms with Gasteiger partial charge in [-0.15, -0.1) is 0 Å². The van der Waals surface area contributed by atoms with Gasteiger partial charge in [-0.2, -0.15) is 0 Å². The lowest BCUT2D eigenvalue weighted by molar-refractivity contribution is 0.269. The van der Waals surface area contributed by atoms with Gasteiger partial charge in [-0.3, -0.25) is 0 Å². The Morgan fingerprint density at radius 1 is 1.33 bits per heavy atom. The number of aryl methyl sites for hydroxylation is 1. The summed E-state index contributed by atoms with van der Waals surface area (Å²) in [5, 5.41) is 0. The predicted octanol–water partition coefficient (Wildman–Crippen LogP) is 5.05. The van der Waals surface area contributed by atoms with Crippen LogP contribution >= 0.6 is 0 Å². The molecule has 1 unspecified atom stereocenters. The van der Waals surface area contributed by atoms with E-state index in [0.29, 0.717) is 11.7 Å². The Morgan fingerprint density at radius 3 is 2.67 bits per heavy atom. The van der Waals surface area contributed by atoms with Crippen LogP contribution in [0, 0.1) is 11.7 Å². The zero-order valence-corrected chi connectivity index (χ0v) is 15.5. The van der Waals surface area contributed by atoms with Crippen LogP contribution in [0.3, 0.4) is 0 Å². The minimum Gasteiger partial charge on any atom is -0.495 e. The Bertz CT molecular complexity index is 615. The molecular weight excluding hydrogens is 301 g/mol. The molecule has 0 bridgehead atoms. The first-order valence-electron chi connectivity index (χ1n) is 8.68. The summed E-state index contributed by atoms with van der Waals surface area (Å²) in [6.45, 7) is 16.4. The average Bonchev–Trinajstić information content (AvgIpc) is 3.00. The van der Waals surface area contributed by atoms with Crippen LogP contribution in [0.5, 0.6) is 0 Å². The van der Waals surface area contributed by atoms with Crippen molar-refractivity contribution in [3.63, 3.8) is 0 Å². The number of ether oxygens (including phenoxy) is 1. The van der Waals surface area contributed by atoms with Crippen molar-refractivity contribution in [3.8, 4) is 0 Å². The van der Waals surface area contributed by atoms with Crippen molar-refractivity contribution in [2.24, 2.45) is 5.92 Å². The van der Waals surface area contributed by atoms with Crippen LogP contribution < -0.4 is 0 Å². The Hall–Kier alpha value is -1.77. The summed E-state index contributed by atoms with van der Waals surface area (Å²) < 4.78 is 18.8. The highest BCUT2D eigenvalue weighted by Gasteiger charge is 2.25. The molecule has 0 aromatic heterocycles. The van der Waals surface area contributed by atoms with Gasteiger partial charge in [-0.1, -0.05) is 40.0 Å². The SMILES string of the molecule is C=C(OC)C(=C)N1CCC(CCc2ccc(F)cc2C(C)(C)C)C1. The number of hydrogen-bond donors (Lipinski definition) is 0. The van der Waals surface area contributed by atoms with Crippen molar-refractivity contribution in [1.82, 2.24) is 4.90 Å². The second-order valence-electron chi connectivity index (χ2n) is 7.76. The monoisotopic (exact) mass is 331 g/mol. The molecule has 0 radical (unpaired) electrons. The minimum atomic E-state index is -0.148. The van der Waals surface area contributed by atoms with Gasteiger partial charge in [0, 0.05) is 13.1 Å². The highest BCUT2D eigenvalue weighted by Crippen LogP contribution is 2.30. The topological polar surface area (TPSA) is 12.5 Å². The van der Waals surface area contributed by atoms with Crippen molar-refractivity contribution in [1.29, 1.82) is 0 Å². The Morgan fingerprint density at radius 2 is 2.04 bits per heavy atom. The van der Waals surface area contributed by atoms with Gasteiger partial charge in [-0.05, 0) is 53.9 Å². The first-order valence-corrected chi connectivity index (χ1v) is 8.68. The third-order valence-electron chi connectivity index (χ3n) is 4.94. The largest absolute Gasteiger partial charge is 0.495 e. The molecule has 2 nitrogen and oxygen atoms in total. The van der Waals surface area contributed by atoms with E-state index in [4.69, 9.17) is 4.74 Å². The second-order valence-corrected chi connectivity index (χ2v) is 7.76. The third kappa shape index (κ3) is 4.40. The quantitative estimate of drug-likeness (QED) is 0.534. The molecule has 1 heterocycles. The van der Waals surface area contributed by atoms with Crippen LogP contribution in [0.2, 0.25) is 0 Å². The summed E-state index contributed by atoms with van der Waals surface area (Å²) in [7, 11) is 1.63. The fourth-order valence-electron chi connectivity index (χ4n) is 3.43. The Labute approximate surface area is 146 Å². The van der Waals surface area contributed by atoms with Crippen LogP contribution in [-0.4, -0.2) is 25.1 Å². The molecular formula is C21H30FNO. The standard InChI is InChI=1S/C21H30FNO/c1-15(16(2)24-6)23-12-11-17(14-23)7-8-18-9-10-19(22)13-20(18)21(3,4)5/h9-10,13,17H,1-2,7-8,11-12,14H2,3-6H3. The summed E-state index contributed by atoms with van der Waals surface area (Å²) in [6, 6.07) is 5.23. The molecule has 0 N–H and O–H groups in total. The number of hydrogen-bond acceptors (Lipinski definition) is 2. The van der Waals surface area contributed by atoms with Crippen molar-refractivity contribution in [2.45, 2.75) is 45.4 Å². The van der Waals surface area contributed by atoms with Crippen LogP contribution in [0.25, 0.3) is 0 Å². The highest BCUT2D eigenvalue weighted by molar-refractivity contribution is 5.33. The summed E-state index contributed by atoms with van der Waals surface area (Å²) in [6.07, 6.45) is 3.25. The van der Waals surface area contributed by atoms with Gasteiger partial charge in [0.25, 0.3) is 0 Å². The van der Waals surface area contributed by atoms with Gasteiger partial charge in [0.2, 0.25) is 0 Å². The molecule has 2 rings (SSSR count). The molecule has 0 saturated carbocycles. The fourth-order valence-corrected chi connectivity index (χ4v) is 3.43. The molecule has 1 saturated heterocycles. The maximum atomic E-state index is 13.6. The Balaban J connectivity index is 1.98. The molecule has 0 aliphatic carbocycles. The van der Waals surface area contributed by atoms with E-state index in [1.54, 1.807) is 19.2 Å². The number of rotatable bonds is 6. The number of nitrogens with zero attached hydrogens (tertiary/aromatic N) is 1. The van der Waals surface area contributed by atoms with Crippen molar-refractivity contribution in [2.75, 3.05) is 20.2 Å². The maximum Gasteiger partial charge on any atom is 0.134 e. The van der Waals surface area contributed by atoms with E-state index in [0.717, 1.165) is 43.6 Å². The van der Waals surface area contributed by atoms with E-state index in [2.05, 4.69) is 38.8 Å². The molecule has 1 aromatic carbocycles. The average molecular weight is 331 g/mol. The number of benzene rings is 1. The first kappa shape index (κ1) is 18.6. The minimum absolute atomic E-state index is 0.0381. The molecule has 0 spiro atoms. The fraction of sp³-hybridized carbons (Fsp3) is 0.524. The van der Waals surface area contributed by atoms with Crippen LogP contribution in [-0.2, 0) is 16.6 Å². The van der Waals surface area contributed by atoms with Gasteiger partial charge >= 0.3 is 0 Å². The summed E-state index contributed by atoms with van der Waals surface area (Å²) in [4.78, 5) is 2.26. The van der Waals surface area contributed by atoms with Gasteiger partial charge in [0.05, 0.1) is 12.8 Å². The third-order valence-corrected chi connectivity index (χ3v) is 4.94. The summed E-state index contributed by atoms with van der Waals surface area (Å²) in [5.74, 6) is 1.12. The van der Waals surface area contributed by atoms with E-state index in [9.17, 15) is 4.39 Å². The second kappa shape index (κ2) is 7.42.